The van der Waals surface area contributed by atoms with Gasteiger partial charge in [0.25, 0.3) is 0 Å². The molecule has 0 saturated carbocycles. The van der Waals surface area contributed by atoms with E-state index in [0.717, 1.165) is 19.3 Å². The molecule has 1 aromatic carbocycles. The lowest BCUT2D eigenvalue weighted by Crippen LogP contribution is -2.41. The minimum atomic E-state index is -0.244. The third-order valence-electron chi connectivity index (χ3n) is 4.24. The van der Waals surface area contributed by atoms with Gasteiger partial charge in [0, 0.05) is 0 Å². The van der Waals surface area contributed by atoms with Crippen molar-refractivity contribution in [2.24, 2.45) is 0 Å². The maximum atomic E-state index is 5.92. The van der Waals surface area contributed by atoms with E-state index in [9.17, 15) is 0 Å². The van der Waals surface area contributed by atoms with E-state index >= 15 is 0 Å². The molecule has 0 amide bonds. The Hall–Kier alpha value is -1.06. The van der Waals surface area contributed by atoms with Gasteiger partial charge >= 0.3 is 7.12 Å². The minimum absolute atomic E-state index is 0.211. The summed E-state index contributed by atoms with van der Waals surface area (Å²) < 4.78 is 11.8. The Morgan fingerprint density at radius 1 is 1.00 bits per heavy atom. The predicted octanol–water partition coefficient (Wildman–Crippen LogP) is 4.20. The Labute approximate surface area is 123 Å². The Kier molecular flexibility index (Phi) is 4.72. The van der Waals surface area contributed by atoms with Gasteiger partial charge in [-0.3, -0.25) is 0 Å². The number of hydrogen-bond acceptors (Lipinski definition) is 2. The number of rotatable bonds is 5. The highest BCUT2D eigenvalue weighted by Crippen LogP contribution is 2.36. The zero-order chi connectivity index (χ0) is 14.6. The van der Waals surface area contributed by atoms with Gasteiger partial charge in [0.2, 0.25) is 0 Å². The van der Waals surface area contributed by atoms with Crippen LogP contribution in [0, 0.1) is 0 Å². The van der Waals surface area contributed by atoms with Crippen LogP contribution in [0.2, 0.25) is 0 Å². The van der Waals surface area contributed by atoms with Crippen LogP contribution in [0.3, 0.4) is 0 Å². The smallest absolute Gasteiger partial charge is 0.400 e. The number of allylic oxidation sites excluding steroid dienone is 1. The Balaban J connectivity index is 1.73. The maximum absolute atomic E-state index is 5.92. The Morgan fingerprint density at radius 2 is 1.60 bits per heavy atom. The lowest BCUT2D eigenvalue weighted by molar-refractivity contribution is 0.00578. The van der Waals surface area contributed by atoms with Crippen molar-refractivity contribution in [1.29, 1.82) is 0 Å². The largest absolute Gasteiger partial charge is 0.486 e. The van der Waals surface area contributed by atoms with Gasteiger partial charge in [-0.2, -0.15) is 0 Å². The van der Waals surface area contributed by atoms with Crippen molar-refractivity contribution in [3.05, 3.63) is 47.9 Å². The summed E-state index contributed by atoms with van der Waals surface area (Å²) in [4.78, 5) is 0. The molecule has 2 nitrogen and oxygen atoms in total. The molecule has 1 saturated heterocycles. The normalized spacial score (nSPS) is 20.7. The molecular formula is C17H25BO2. The first-order valence-corrected chi connectivity index (χ1v) is 7.47. The van der Waals surface area contributed by atoms with Gasteiger partial charge in [0.15, 0.2) is 0 Å². The first-order valence-electron chi connectivity index (χ1n) is 7.47. The highest BCUT2D eigenvalue weighted by molar-refractivity contribution is 6.51. The monoisotopic (exact) mass is 272 g/mol. The minimum Gasteiger partial charge on any atom is -0.400 e. The molecule has 0 bridgehead atoms. The van der Waals surface area contributed by atoms with E-state index in [-0.39, 0.29) is 18.3 Å². The van der Waals surface area contributed by atoms with Crippen LogP contribution in [0.4, 0.5) is 0 Å². The van der Waals surface area contributed by atoms with E-state index in [4.69, 9.17) is 9.31 Å². The summed E-state index contributed by atoms with van der Waals surface area (Å²) in [6, 6.07) is 10.6. The summed E-state index contributed by atoms with van der Waals surface area (Å²) >= 11 is 0. The van der Waals surface area contributed by atoms with Crippen molar-refractivity contribution >= 4 is 7.12 Å². The Bertz CT molecular complexity index is 435. The third kappa shape index (κ3) is 3.74. The lowest BCUT2D eigenvalue weighted by atomic mass is 9.89. The van der Waals surface area contributed by atoms with Crippen molar-refractivity contribution in [2.75, 3.05) is 0 Å². The maximum Gasteiger partial charge on any atom is 0.486 e. The summed E-state index contributed by atoms with van der Waals surface area (Å²) in [6.07, 6.45) is 5.50. The molecule has 1 aromatic rings. The van der Waals surface area contributed by atoms with Crippen LogP contribution >= 0.6 is 0 Å². The first kappa shape index (κ1) is 15.3. The fourth-order valence-corrected chi connectivity index (χ4v) is 2.24. The van der Waals surface area contributed by atoms with Crippen molar-refractivity contribution in [3.63, 3.8) is 0 Å². The van der Waals surface area contributed by atoms with Crippen LogP contribution in [-0.2, 0) is 15.7 Å². The second-order valence-electron chi connectivity index (χ2n) is 6.43. The second-order valence-corrected chi connectivity index (χ2v) is 6.43. The van der Waals surface area contributed by atoms with Crippen molar-refractivity contribution in [1.82, 2.24) is 0 Å². The fourth-order valence-electron chi connectivity index (χ4n) is 2.24. The van der Waals surface area contributed by atoms with Crippen molar-refractivity contribution < 1.29 is 9.31 Å². The van der Waals surface area contributed by atoms with Crippen LogP contribution < -0.4 is 0 Å². The molecule has 0 unspecified atom stereocenters. The van der Waals surface area contributed by atoms with Gasteiger partial charge in [-0.25, -0.2) is 0 Å². The van der Waals surface area contributed by atoms with Crippen LogP contribution in [0.1, 0.15) is 46.1 Å². The summed E-state index contributed by atoms with van der Waals surface area (Å²) in [5.74, 6) is 2.04. The third-order valence-corrected chi connectivity index (χ3v) is 4.24. The van der Waals surface area contributed by atoms with E-state index in [0.29, 0.717) is 0 Å². The molecule has 0 radical (unpaired) electrons. The predicted molar refractivity (Wildman–Crippen MR) is 84.6 cm³/mol. The number of benzene rings is 1. The average Bonchev–Trinajstić information content (AvgIpc) is 2.58. The summed E-state index contributed by atoms with van der Waals surface area (Å²) in [5.41, 5.74) is 0.912. The number of aryl methyl sites for hydroxylation is 1. The topological polar surface area (TPSA) is 18.5 Å². The van der Waals surface area contributed by atoms with Crippen molar-refractivity contribution in [2.45, 2.75) is 58.2 Å². The number of unbranched alkanes of at least 4 members (excludes halogenated alkanes) is 1. The summed E-state index contributed by atoms with van der Waals surface area (Å²) in [7, 11) is -0.211. The van der Waals surface area contributed by atoms with Crippen LogP contribution in [0.25, 0.3) is 0 Å². The van der Waals surface area contributed by atoms with E-state index in [1.54, 1.807) is 0 Å². The quantitative estimate of drug-likeness (QED) is 0.591. The molecule has 1 aliphatic rings. The van der Waals surface area contributed by atoms with Crippen LogP contribution in [0.5, 0.6) is 0 Å². The fraction of sp³-hybridized carbons (Fsp3) is 0.529. The molecule has 0 aliphatic carbocycles. The zero-order valence-corrected chi connectivity index (χ0v) is 13.1. The highest BCUT2D eigenvalue weighted by Gasteiger charge is 2.49. The van der Waals surface area contributed by atoms with Gasteiger partial charge in [0.1, 0.15) is 0 Å². The molecule has 0 N–H and O–H groups in total. The van der Waals surface area contributed by atoms with Gasteiger partial charge in [-0.05, 0) is 52.5 Å². The average molecular weight is 272 g/mol. The standard InChI is InChI=1S/C17H25BO2/c1-16(2)17(3,4)20-18(19-16)14-10-6-9-13-15-11-7-5-8-12-15/h5,7-8,10-12,14H,6,9,13H2,1-4H3/b14-10+. The van der Waals surface area contributed by atoms with Gasteiger partial charge in [-0.15, -0.1) is 0 Å². The molecule has 0 aromatic heterocycles. The SMILES string of the molecule is CC1(C)OB(/C=C/CCCc2ccccc2)OC1(C)C. The number of hydrogen-bond donors (Lipinski definition) is 0. The molecule has 108 valence electrons. The lowest BCUT2D eigenvalue weighted by Gasteiger charge is -2.32. The van der Waals surface area contributed by atoms with Gasteiger partial charge in [0.05, 0.1) is 11.2 Å². The van der Waals surface area contributed by atoms with Crippen molar-refractivity contribution in [3.8, 4) is 0 Å². The molecule has 1 aliphatic heterocycles. The molecule has 20 heavy (non-hydrogen) atoms. The van der Waals surface area contributed by atoms with E-state index in [1.807, 2.05) is 5.98 Å². The molecule has 2 rings (SSSR count). The Morgan fingerprint density at radius 3 is 2.20 bits per heavy atom. The van der Waals surface area contributed by atoms with Gasteiger partial charge in [-0.1, -0.05) is 42.4 Å². The van der Waals surface area contributed by atoms with Crippen LogP contribution in [-0.4, -0.2) is 18.3 Å². The molecule has 1 heterocycles. The summed E-state index contributed by atoms with van der Waals surface area (Å²) in [5, 5.41) is 0. The van der Waals surface area contributed by atoms with Gasteiger partial charge < -0.3 is 9.31 Å². The molecular weight excluding hydrogens is 247 g/mol. The second kappa shape index (κ2) is 6.15. The van der Waals surface area contributed by atoms with Crippen LogP contribution in [0.15, 0.2) is 42.4 Å². The molecule has 0 spiro atoms. The van der Waals surface area contributed by atoms with E-state index in [2.05, 4.69) is 64.1 Å². The molecule has 3 heteroatoms. The zero-order valence-electron chi connectivity index (χ0n) is 13.1. The van der Waals surface area contributed by atoms with E-state index in [1.165, 1.54) is 5.56 Å². The molecule has 0 atom stereocenters. The first-order chi connectivity index (χ1) is 9.41. The van der Waals surface area contributed by atoms with E-state index < -0.39 is 0 Å². The summed E-state index contributed by atoms with van der Waals surface area (Å²) in [6.45, 7) is 8.32. The molecule has 1 fully saturated rings. The highest BCUT2D eigenvalue weighted by atomic mass is 16.7.